The smallest absolute Gasteiger partial charge is 0.0295 e. The molecule has 2 atom stereocenters. The van der Waals surface area contributed by atoms with Gasteiger partial charge < -0.3 is 0 Å². The van der Waals surface area contributed by atoms with Crippen molar-refractivity contribution in [1.29, 1.82) is 0 Å². The van der Waals surface area contributed by atoms with Crippen LogP contribution in [0.1, 0.15) is 105 Å². The quantitative estimate of drug-likeness (QED) is 0.228. The van der Waals surface area contributed by atoms with Gasteiger partial charge in [-0.2, -0.15) is 0 Å². The second-order valence-electron chi connectivity index (χ2n) is 6.86. The van der Waals surface area contributed by atoms with Crippen LogP contribution in [0, 0.1) is 11.8 Å². The highest BCUT2D eigenvalue weighted by Gasteiger charge is 2.08. The Morgan fingerprint density at radius 1 is 0.850 bits per heavy atom. The van der Waals surface area contributed by atoms with Crippen LogP contribution in [0.15, 0.2) is 12.2 Å². The molecule has 0 aliphatic heterocycles. The molecule has 0 saturated heterocycles. The summed E-state index contributed by atoms with van der Waals surface area (Å²) >= 11 is 0. The van der Waals surface area contributed by atoms with Crippen molar-refractivity contribution in [1.82, 2.24) is 0 Å². The molecule has 120 valence electrons. The monoisotopic (exact) mass is 280 g/mol. The van der Waals surface area contributed by atoms with E-state index in [9.17, 15) is 0 Å². The summed E-state index contributed by atoms with van der Waals surface area (Å²) in [5, 5.41) is 0. The molecule has 0 amide bonds. The van der Waals surface area contributed by atoms with Crippen LogP contribution in [0.3, 0.4) is 0 Å². The van der Waals surface area contributed by atoms with E-state index in [0.29, 0.717) is 0 Å². The second kappa shape index (κ2) is 13.7. The lowest BCUT2D eigenvalue weighted by Crippen LogP contribution is -2.01. The first-order valence-electron chi connectivity index (χ1n) is 9.30. The summed E-state index contributed by atoms with van der Waals surface area (Å²) in [6, 6.07) is 0. The van der Waals surface area contributed by atoms with Crippen molar-refractivity contribution >= 4 is 0 Å². The van der Waals surface area contributed by atoms with E-state index in [1.165, 1.54) is 82.6 Å². The molecule has 0 aromatic carbocycles. The van der Waals surface area contributed by atoms with Crippen molar-refractivity contribution in [2.45, 2.75) is 105 Å². The molecule has 0 aliphatic carbocycles. The van der Waals surface area contributed by atoms with Crippen LogP contribution < -0.4 is 0 Å². The standard InChI is InChI=1S/C20H40/c1-6-9-13-18(4)14-11-12-15-19(5)17-20(8-3)16-10-7-2/h18,20H,5-17H2,1-4H3. The Bertz CT molecular complexity index is 216. The second-order valence-corrected chi connectivity index (χ2v) is 6.86. The molecule has 0 N–H and O–H groups in total. The molecule has 0 radical (unpaired) electrons. The summed E-state index contributed by atoms with van der Waals surface area (Å²) in [5.41, 5.74) is 1.51. The SMILES string of the molecule is C=C(CCCCC(C)CCCC)CC(CC)CCCC. The minimum Gasteiger partial charge on any atom is -0.0999 e. The van der Waals surface area contributed by atoms with E-state index < -0.39 is 0 Å². The predicted octanol–water partition coefficient (Wildman–Crippen LogP) is 7.54. The molecule has 0 saturated carbocycles. The number of unbranched alkanes of at least 4 members (excludes halogenated alkanes) is 3. The number of hydrogen-bond acceptors (Lipinski definition) is 0. The highest BCUT2D eigenvalue weighted by Crippen LogP contribution is 2.24. The zero-order valence-electron chi connectivity index (χ0n) is 14.8. The van der Waals surface area contributed by atoms with Crippen LogP contribution in [0.25, 0.3) is 0 Å². The molecule has 0 heterocycles. The van der Waals surface area contributed by atoms with Gasteiger partial charge in [0.25, 0.3) is 0 Å². The van der Waals surface area contributed by atoms with Crippen LogP contribution in [0.2, 0.25) is 0 Å². The fourth-order valence-electron chi connectivity index (χ4n) is 3.02. The van der Waals surface area contributed by atoms with Gasteiger partial charge in [-0.3, -0.25) is 0 Å². The summed E-state index contributed by atoms with van der Waals surface area (Å²) in [6.45, 7) is 13.7. The van der Waals surface area contributed by atoms with Crippen LogP contribution in [-0.2, 0) is 0 Å². The Balaban J connectivity index is 3.61. The average Bonchev–Trinajstić information content (AvgIpc) is 2.45. The lowest BCUT2D eigenvalue weighted by Gasteiger charge is -2.16. The van der Waals surface area contributed by atoms with Gasteiger partial charge in [-0.15, -0.1) is 0 Å². The van der Waals surface area contributed by atoms with Crippen molar-refractivity contribution < 1.29 is 0 Å². The van der Waals surface area contributed by atoms with E-state index >= 15 is 0 Å². The van der Waals surface area contributed by atoms with Gasteiger partial charge in [-0.25, -0.2) is 0 Å². The molecule has 0 aromatic rings. The van der Waals surface area contributed by atoms with Gasteiger partial charge in [0.2, 0.25) is 0 Å². The van der Waals surface area contributed by atoms with E-state index in [4.69, 9.17) is 0 Å². The molecule has 0 nitrogen and oxygen atoms in total. The Hall–Kier alpha value is -0.260. The highest BCUT2D eigenvalue weighted by atomic mass is 14.1. The number of rotatable bonds is 14. The Kier molecular flexibility index (Phi) is 13.5. The van der Waals surface area contributed by atoms with Crippen LogP contribution in [-0.4, -0.2) is 0 Å². The summed E-state index contributed by atoms with van der Waals surface area (Å²) in [6.07, 6.45) is 16.3. The Morgan fingerprint density at radius 2 is 1.45 bits per heavy atom. The number of allylic oxidation sites excluding steroid dienone is 1. The van der Waals surface area contributed by atoms with E-state index in [1.54, 1.807) is 0 Å². The van der Waals surface area contributed by atoms with Crippen LogP contribution in [0.4, 0.5) is 0 Å². The molecular formula is C20H40. The molecule has 0 rings (SSSR count). The third-order valence-corrected chi connectivity index (χ3v) is 4.65. The van der Waals surface area contributed by atoms with Gasteiger partial charge in [0.15, 0.2) is 0 Å². The van der Waals surface area contributed by atoms with Crippen molar-refractivity contribution in [2.75, 3.05) is 0 Å². The third kappa shape index (κ3) is 11.6. The minimum absolute atomic E-state index is 0.894. The third-order valence-electron chi connectivity index (χ3n) is 4.65. The fourth-order valence-corrected chi connectivity index (χ4v) is 3.02. The lowest BCUT2D eigenvalue weighted by molar-refractivity contribution is 0.431. The van der Waals surface area contributed by atoms with Crippen LogP contribution >= 0.6 is 0 Å². The van der Waals surface area contributed by atoms with Gasteiger partial charge in [0, 0.05) is 0 Å². The van der Waals surface area contributed by atoms with Crippen molar-refractivity contribution in [3.8, 4) is 0 Å². The van der Waals surface area contributed by atoms with Crippen molar-refractivity contribution in [3.63, 3.8) is 0 Å². The van der Waals surface area contributed by atoms with Crippen molar-refractivity contribution in [3.05, 3.63) is 12.2 Å². The van der Waals surface area contributed by atoms with Gasteiger partial charge in [0.1, 0.15) is 0 Å². The molecule has 0 aliphatic rings. The van der Waals surface area contributed by atoms with Gasteiger partial charge in [0.05, 0.1) is 0 Å². The van der Waals surface area contributed by atoms with Gasteiger partial charge >= 0.3 is 0 Å². The molecule has 2 unspecified atom stereocenters. The van der Waals surface area contributed by atoms with Gasteiger partial charge in [-0.1, -0.05) is 97.6 Å². The summed E-state index contributed by atoms with van der Waals surface area (Å²) in [4.78, 5) is 0. The Morgan fingerprint density at radius 3 is 2.05 bits per heavy atom. The first kappa shape index (κ1) is 19.7. The normalized spacial score (nSPS) is 14.2. The van der Waals surface area contributed by atoms with E-state index in [2.05, 4.69) is 34.3 Å². The summed E-state index contributed by atoms with van der Waals surface area (Å²) < 4.78 is 0. The zero-order chi connectivity index (χ0) is 15.2. The summed E-state index contributed by atoms with van der Waals surface area (Å²) in [5.74, 6) is 1.82. The first-order chi connectivity index (χ1) is 9.63. The lowest BCUT2D eigenvalue weighted by atomic mass is 9.90. The van der Waals surface area contributed by atoms with E-state index in [-0.39, 0.29) is 0 Å². The molecule has 0 fully saturated rings. The van der Waals surface area contributed by atoms with Crippen molar-refractivity contribution in [2.24, 2.45) is 11.8 Å². The Labute approximate surface area is 129 Å². The van der Waals surface area contributed by atoms with Gasteiger partial charge in [-0.05, 0) is 31.1 Å². The van der Waals surface area contributed by atoms with E-state index in [1.807, 2.05) is 0 Å². The number of hydrogen-bond donors (Lipinski definition) is 0. The maximum atomic E-state index is 4.32. The highest BCUT2D eigenvalue weighted by molar-refractivity contribution is 4.95. The first-order valence-corrected chi connectivity index (χ1v) is 9.30. The van der Waals surface area contributed by atoms with E-state index in [0.717, 1.165) is 11.8 Å². The maximum Gasteiger partial charge on any atom is -0.0295 e. The average molecular weight is 281 g/mol. The molecule has 0 aromatic heterocycles. The largest absolute Gasteiger partial charge is 0.0999 e. The summed E-state index contributed by atoms with van der Waals surface area (Å²) in [7, 11) is 0. The van der Waals surface area contributed by atoms with Crippen LogP contribution in [0.5, 0.6) is 0 Å². The predicted molar refractivity (Wildman–Crippen MR) is 94.2 cm³/mol. The minimum atomic E-state index is 0.894. The topological polar surface area (TPSA) is 0 Å². The molecule has 0 bridgehead atoms. The molecule has 20 heavy (non-hydrogen) atoms. The molecule has 0 heteroatoms. The zero-order valence-corrected chi connectivity index (χ0v) is 14.8. The maximum absolute atomic E-state index is 4.32. The molecular weight excluding hydrogens is 240 g/mol. The molecule has 0 spiro atoms. The fraction of sp³-hybridized carbons (Fsp3) is 0.900.